The summed E-state index contributed by atoms with van der Waals surface area (Å²) in [7, 11) is 0. The summed E-state index contributed by atoms with van der Waals surface area (Å²) in [5.41, 5.74) is -0.587. The summed E-state index contributed by atoms with van der Waals surface area (Å²) < 4.78 is 37.2. The van der Waals surface area contributed by atoms with E-state index in [0.717, 1.165) is 18.6 Å². The van der Waals surface area contributed by atoms with E-state index in [2.05, 4.69) is 0 Å². The molecule has 0 N–H and O–H groups in total. The molecule has 0 aromatic heterocycles. The lowest BCUT2D eigenvalue weighted by Gasteiger charge is -2.07. The van der Waals surface area contributed by atoms with Crippen molar-refractivity contribution in [3.05, 3.63) is 35.4 Å². The summed E-state index contributed by atoms with van der Waals surface area (Å²) >= 11 is 0. The van der Waals surface area contributed by atoms with Crippen molar-refractivity contribution in [2.45, 2.75) is 19.5 Å². The molecule has 0 aliphatic heterocycles. The first kappa shape index (κ1) is 11.2. The molecule has 2 rings (SSSR count). The van der Waals surface area contributed by atoms with E-state index in [-0.39, 0.29) is 17.3 Å². The molecule has 0 spiro atoms. The van der Waals surface area contributed by atoms with E-state index in [4.69, 9.17) is 0 Å². The van der Waals surface area contributed by atoms with E-state index in [9.17, 15) is 18.0 Å². The molecule has 1 aromatic carbocycles. The summed E-state index contributed by atoms with van der Waals surface area (Å²) in [4.78, 5) is 11.7. The summed E-state index contributed by atoms with van der Waals surface area (Å²) in [6.07, 6.45) is -3.60. The van der Waals surface area contributed by atoms with Gasteiger partial charge in [-0.05, 0) is 24.5 Å². The molecule has 4 heteroatoms. The Morgan fingerprint density at radius 2 is 2.00 bits per heavy atom. The highest BCUT2D eigenvalue weighted by molar-refractivity contribution is 5.99. The number of hydrogen-bond donors (Lipinski definition) is 0. The molecule has 1 nitrogen and oxygen atoms in total. The minimum absolute atomic E-state index is 0.0801. The van der Waals surface area contributed by atoms with Gasteiger partial charge in [-0.3, -0.25) is 4.79 Å². The highest BCUT2D eigenvalue weighted by Crippen LogP contribution is 2.40. The minimum atomic E-state index is -4.38. The van der Waals surface area contributed by atoms with Crippen molar-refractivity contribution in [3.63, 3.8) is 0 Å². The molecule has 2 atom stereocenters. The van der Waals surface area contributed by atoms with Crippen molar-refractivity contribution in [1.29, 1.82) is 0 Å². The molecule has 86 valence electrons. The maximum Gasteiger partial charge on any atom is 0.416 e. The molecule has 0 heterocycles. The maximum atomic E-state index is 12.4. The number of carbonyl (C=O) groups is 1. The molecular formula is C12H11F3O. The highest BCUT2D eigenvalue weighted by Gasteiger charge is 2.40. The number of hydrogen-bond acceptors (Lipinski definition) is 1. The summed E-state index contributed by atoms with van der Waals surface area (Å²) in [6.45, 7) is 1.93. The van der Waals surface area contributed by atoms with Crippen molar-refractivity contribution >= 4 is 5.78 Å². The van der Waals surface area contributed by atoms with E-state index in [0.29, 0.717) is 5.92 Å². The molecule has 1 aromatic rings. The zero-order chi connectivity index (χ0) is 11.9. The fourth-order valence-corrected chi connectivity index (χ4v) is 1.75. The maximum absolute atomic E-state index is 12.4. The molecule has 1 fully saturated rings. The first-order chi connectivity index (χ1) is 7.39. The first-order valence-corrected chi connectivity index (χ1v) is 5.11. The predicted molar refractivity (Wildman–Crippen MR) is 53.0 cm³/mol. The lowest BCUT2D eigenvalue weighted by Crippen LogP contribution is -2.08. The second kappa shape index (κ2) is 3.61. The molecular weight excluding hydrogens is 217 g/mol. The predicted octanol–water partition coefficient (Wildman–Crippen LogP) is 3.54. The summed E-state index contributed by atoms with van der Waals surface area (Å²) in [5.74, 6) is 0.0594. The van der Waals surface area contributed by atoms with E-state index >= 15 is 0 Å². The van der Waals surface area contributed by atoms with Crippen LogP contribution in [0.4, 0.5) is 13.2 Å². The molecule has 16 heavy (non-hydrogen) atoms. The Kier molecular flexibility index (Phi) is 2.52. The number of carbonyl (C=O) groups excluding carboxylic acids is 1. The van der Waals surface area contributed by atoms with E-state index in [1.54, 1.807) is 0 Å². The van der Waals surface area contributed by atoms with Gasteiger partial charge in [-0.25, -0.2) is 0 Å². The first-order valence-electron chi connectivity index (χ1n) is 5.11. The van der Waals surface area contributed by atoms with Gasteiger partial charge in [0.25, 0.3) is 0 Å². The second-order valence-corrected chi connectivity index (χ2v) is 4.26. The van der Waals surface area contributed by atoms with Crippen molar-refractivity contribution in [2.24, 2.45) is 11.8 Å². The second-order valence-electron chi connectivity index (χ2n) is 4.26. The lowest BCUT2D eigenvalue weighted by atomic mass is 10.0. The van der Waals surface area contributed by atoms with Gasteiger partial charge in [0.15, 0.2) is 5.78 Å². The van der Waals surface area contributed by atoms with Crippen LogP contribution < -0.4 is 0 Å². The Hall–Kier alpha value is -1.32. The fraction of sp³-hybridized carbons (Fsp3) is 0.417. The number of ketones is 1. The van der Waals surface area contributed by atoms with Gasteiger partial charge in [0.1, 0.15) is 0 Å². The lowest BCUT2D eigenvalue weighted by molar-refractivity contribution is -0.137. The van der Waals surface area contributed by atoms with Gasteiger partial charge in [0.2, 0.25) is 0 Å². The topological polar surface area (TPSA) is 17.1 Å². The molecule has 1 saturated carbocycles. The van der Waals surface area contributed by atoms with Crippen LogP contribution in [0.3, 0.4) is 0 Å². The Morgan fingerprint density at radius 3 is 2.50 bits per heavy atom. The van der Waals surface area contributed by atoms with Crippen LogP contribution in [0, 0.1) is 11.8 Å². The molecule has 0 bridgehead atoms. The zero-order valence-corrected chi connectivity index (χ0v) is 8.71. The van der Waals surface area contributed by atoms with Crippen LogP contribution in [0.25, 0.3) is 0 Å². The van der Waals surface area contributed by atoms with Gasteiger partial charge in [-0.15, -0.1) is 0 Å². The molecule has 0 radical (unpaired) electrons. The van der Waals surface area contributed by atoms with Crippen LogP contribution in [0.5, 0.6) is 0 Å². The van der Waals surface area contributed by atoms with Crippen LogP contribution >= 0.6 is 0 Å². The third-order valence-corrected chi connectivity index (χ3v) is 2.92. The molecule has 0 saturated heterocycles. The van der Waals surface area contributed by atoms with Crippen molar-refractivity contribution in [1.82, 2.24) is 0 Å². The van der Waals surface area contributed by atoms with Gasteiger partial charge in [0, 0.05) is 11.5 Å². The van der Waals surface area contributed by atoms with E-state index in [1.165, 1.54) is 12.1 Å². The summed E-state index contributed by atoms with van der Waals surface area (Å²) in [5, 5.41) is 0. The number of Topliss-reactive ketones (excluding diaryl/α,β-unsaturated/α-hetero) is 1. The third kappa shape index (κ3) is 2.10. The monoisotopic (exact) mass is 228 g/mol. The van der Waals surface area contributed by atoms with Crippen LogP contribution in [0.1, 0.15) is 29.3 Å². The molecule has 0 amide bonds. The van der Waals surface area contributed by atoms with Crippen LogP contribution in [-0.4, -0.2) is 5.78 Å². The van der Waals surface area contributed by atoms with Crippen molar-refractivity contribution < 1.29 is 18.0 Å². The average molecular weight is 228 g/mol. The van der Waals surface area contributed by atoms with Crippen LogP contribution in [0.2, 0.25) is 0 Å². The number of halogens is 3. The Morgan fingerprint density at radius 1 is 1.38 bits per heavy atom. The SMILES string of the molecule is CC1CC1C(=O)c1cccc(C(F)(F)F)c1. The summed E-state index contributed by atoms with van der Waals surface area (Å²) in [6, 6.07) is 4.65. The van der Waals surface area contributed by atoms with Gasteiger partial charge < -0.3 is 0 Å². The average Bonchev–Trinajstić information content (AvgIpc) is 2.93. The Balaban J connectivity index is 2.26. The van der Waals surface area contributed by atoms with Gasteiger partial charge in [0.05, 0.1) is 5.56 Å². The van der Waals surface area contributed by atoms with E-state index in [1.807, 2.05) is 6.92 Å². The Labute approximate surface area is 91.3 Å². The fourth-order valence-electron chi connectivity index (χ4n) is 1.75. The normalized spacial score (nSPS) is 24.2. The third-order valence-electron chi connectivity index (χ3n) is 2.92. The van der Waals surface area contributed by atoms with Crippen molar-refractivity contribution in [3.8, 4) is 0 Å². The minimum Gasteiger partial charge on any atom is -0.294 e. The van der Waals surface area contributed by atoms with Crippen molar-refractivity contribution in [2.75, 3.05) is 0 Å². The largest absolute Gasteiger partial charge is 0.416 e. The molecule has 1 aliphatic carbocycles. The zero-order valence-electron chi connectivity index (χ0n) is 8.71. The smallest absolute Gasteiger partial charge is 0.294 e. The number of rotatable bonds is 2. The Bertz CT molecular complexity index is 423. The quantitative estimate of drug-likeness (QED) is 0.707. The number of alkyl halides is 3. The standard InChI is InChI=1S/C12H11F3O/c1-7-5-10(7)11(16)8-3-2-4-9(6-8)12(13,14)15/h2-4,6-7,10H,5H2,1H3. The van der Waals surface area contributed by atoms with Gasteiger partial charge in [-0.1, -0.05) is 19.1 Å². The molecule has 1 aliphatic rings. The molecule has 2 unspecified atom stereocenters. The van der Waals surface area contributed by atoms with Crippen LogP contribution in [-0.2, 0) is 6.18 Å². The van der Waals surface area contributed by atoms with Gasteiger partial charge in [-0.2, -0.15) is 13.2 Å². The van der Waals surface area contributed by atoms with Gasteiger partial charge >= 0.3 is 6.18 Å². The number of benzene rings is 1. The van der Waals surface area contributed by atoms with E-state index < -0.39 is 11.7 Å². The van der Waals surface area contributed by atoms with Crippen LogP contribution in [0.15, 0.2) is 24.3 Å². The highest BCUT2D eigenvalue weighted by atomic mass is 19.4.